The monoisotopic (exact) mass is 457 g/mol. The van der Waals surface area contributed by atoms with Crippen molar-refractivity contribution in [3.8, 4) is 0 Å². The molecule has 2 N–H and O–H groups in total. The molecule has 1 amide bonds. The Hall–Kier alpha value is -2.64. The van der Waals surface area contributed by atoms with Crippen molar-refractivity contribution in [3.05, 3.63) is 63.3 Å². The number of hydrogen-bond acceptors (Lipinski definition) is 6. The van der Waals surface area contributed by atoms with Crippen LogP contribution >= 0.6 is 11.6 Å². The SMILES string of the molecule is Cc1ccc(NC(=O)CCc2noc(C(O)c3cc(C(C)(C)C)no3)c2C2CC2)c(Cl)c1. The van der Waals surface area contributed by atoms with Crippen molar-refractivity contribution < 1.29 is 18.9 Å². The molecule has 1 unspecified atom stereocenters. The van der Waals surface area contributed by atoms with Gasteiger partial charge in [0, 0.05) is 29.9 Å². The van der Waals surface area contributed by atoms with Crippen LogP contribution in [0.1, 0.15) is 86.1 Å². The van der Waals surface area contributed by atoms with Crippen LogP contribution in [0.3, 0.4) is 0 Å². The summed E-state index contributed by atoms with van der Waals surface area (Å²) < 4.78 is 10.9. The Labute approximate surface area is 192 Å². The van der Waals surface area contributed by atoms with Crippen molar-refractivity contribution in [1.29, 1.82) is 0 Å². The third kappa shape index (κ3) is 4.89. The van der Waals surface area contributed by atoms with E-state index in [2.05, 4.69) is 15.6 Å². The first-order valence-corrected chi connectivity index (χ1v) is 11.2. The minimum atomic E-state index is -1.09. The second-order valence-electron chi connectivity index (χ2n) is 9.48. The zero-order valence-electron chi connectivity index (χ0n) is 18.7. The van der Waals surface area contributed by atoms with Gasteiger partial charge in [-0.05, 0) is 43.4 Å². The summed E-state index contributed by atoms with van der Waals surface area (Å²) in [5.74, 6) is 0.820. The number of nitrogens with one attached hydrogen (secondary N) is 1. The van der Waals surface area contributed by atoms with Crippen LogP contribution in [0.15, 0.2) is 33.3 Å². The first kappa shape index (κ1) is 22.6. The summed E-state index contributed by atoms with van der Waals surface area (Å²) in [5.41, 5.74) is 3.75. The number of rotatable bonds is 7. The molecule has 0 saturated heterocycles. The maximum atomic E-state index is 12.5. The van der Waals surface area contributed by atoms with E-state index in [4.69, 9.17) is 20.6 Å². The molecule has 0 radical (unpaired) electrons. The Morgan fingerprint density at radius 3 is 2.62 bits per heavy atom. The topological polar surface area (TPSA) is 101 Å². The lowest BCUT2D eigenvalue weighted by Crippen LogP contribution is -2.13. The van der Waals surface area contributed by atoms with Gasteiger partial charge in [0.05, 0.1) is 22.1 Å². The number of carbonyl (C=O) groups is 1. The Morgan fingerprint density at radius 1 is 1.25 bits per heavy atom. The summed E-state index contributed by atoms with van der Waals surface area (Å²) in [7, 11) is 0. The molecule has 1 atom stereocenters. The Balaban J connectivity index is 1.47. The zero-order valence-corrected chi connectivity index (χ0v) is 19.5. The molecular formula is C24H28ClN3O4. The fourth-order valence-electron chi connectivity index (χ4n) is 3.60. The molecule has 3 aromatic rings. The maximum absolute atomic E-state index is 12.5. The first-order valence-electron chi connectivity index (χ1n) is 10.8. The Morgan fingerprint density at radius 2 is 2.00 bits per heavy atom. The van der Waals surface area contributed by atoms with Gasteiger partial charge in [-0.3, -0.25) is 4.79 Å². The van der Waals surface area contributed by atoms with Crippen LogP contribution in [0.25, 0.3) is 0 Å². The van der Waals surface area contributed by atoms with Crippen molar-refractivity contribution in [1.82, 2.24) is 10.3 Å². The van der Waals surface area contributed by atoms with E-state index in [1.807, 2.05) is 39.8 Å². The smallest absolute Gasteiger partial charge is 0.224 e. The fourth-order valence-corrected chi connectivity index (χ4v) is 3.88. The van der Waals surface area contributed by atoms with Gasteiger partial charge in [-0.25, -0.2) is 0 Å². The molecule has 32 heavy (non-hydrogen) atoms. The van der Waals surface area contributed by atoms with Crippen molar-refractivity contribution in [3.63, 3.8) is 0 Å². The number of aromatic nitrogens is 2. The van der Waals surface area contributed by atoms with Crippen LogP contribution in [0, 0.1) is 6.92 Å². The lowest BCUT2D eigenvalue weighted by atomic mass is 9.92. The maximum Gasteiger partial charge on any atom is 0.224 e. The van der Waals surface area contributed by atoms with E-state index in [0.717, 1.165) is 29.7 Å². The van der Waals surface area contributed by atoms with Crippen LogP contribution in [0.2, 0.25) is 5.02 Å². The summed E-state index contributed by atoms with van der Waals surface area (Å²) in [6.07, 6.45) is 1.55. The van der Waals surface area contributed by atoms with E-state index in [1.165, 1.54) is 0 Å². The molecule has 0 aliphatic heterocycles. The van der Waals surface area contributed by atoms with Crippen molar-refractivity contribution in [2.75, 3.05) is 5.32 Å². The molecule has 0 bridgehead atoms. The van der Waals surface area contributed by atoms with E-state index in [0.29, 0.717) is 34.3 Å². The number of amides is 1. The molecular weight excluding hydrogens is 430 g/mol. The summed E-state index contributed by atoms with van der Waals surface area (Å²) in [6.45, 7) is 8.02. The second kappa shape index (κ2) is 8.71. The van der Waals surface area contributed by atoms with Crippen molar-refractivity contribution in [2.45, 2.75) is 70.8 Å². The average Bonchev–Trinajstić information content (AvgIpc) is 3.26. The molecule has 7 nitrogen and oxygen atoms in total. The van der Waals surface area contributed by atoms with Gasteiger partial charge in [0.15, 0.2) is 17.6 Å². The van der Waals surface area contributed by atoms with Crippen LogP contribution in [-0.2, 0) is 16.6 Å². The van der Waals surface area contributed by atoms with Crippen molar-refractivity contribution >= 4 is 23.2 Å². The first-order chi connectivity index (χ1) is 15.1. The highest BCUT2D eigenvalue weighted by Gasteiger charge is 2.36. The third-order valence-corrected chi connectivity index (χ3v) is 5.93. The number of aliphatic hydroxyl groups is 1. The van der Waals surface area contributed by atoms with Crippen LogP contribution in [0.5, 0.6) is 0 Å². The quantitative estimate of drug-likeness (QED) is 0.489. The molecule has 1 aromatic carbocycles. The number of aryl methyl sites for hydroxylation is 2. The highest BCUT2D eigenvalue weighted by molar-refractivity contribution is 6.33. The normalized spacial score (nSPS) is 15.1. The molecule has 2 aromatic heterocycles. The predicted molar refractivity (Wildman–Crippen MR) is 121 cm³/mol. The van der Waals surface area contributed by atoms with E-state index in [1.54, 1.807) is 12.1 Å². The largest absolute Gasteiger partial charge is 0.377 e. The van der Waals surface area contributed by atoms with E-state index >= 15 is 0 Å². The molecule has 4 rings (SSSR count). The third-order valence-electron chi connectivity index (χ3n) is 5.62. The van der Waals surface area contributed by atoms with Gasteiger partial charge < -0.3 is 19.5 Å². The van der Waals surface area contributed by atoms with E-state index in [-0.39, 0.29) is 23.7 Å². The lowest BCUT2D eigenvalue weighted by molar-refractivity contribution is -0.116. The molecule has 2 heterocycles. The summed E-state index contributed by atoms with van der Waals surface area (Å²) in [6, 6.07) is 7.25. The minimum absolute atomic E-state index is 0.160. The van der Waals surface area contributed by atoms with Gasteiger partial charge in [0.2, 0.25) is 5.91 Å². The Kier molecular flexibility index (Phi) is 6.14. The molecule has 0 spiro atoms. The molecule has 1 saturated carbocycles. The predicted octanol–water partition coefficient (Wildman–Crippen LogP) is 5.45. The number of aliphatic hydroxyl groups excluding tert-OH is 1. The summed E-state index contributed by atoms with van der Waals surface area (Å²) >= 11 is 6.21. The van der Waals surface area contributed by atoms with Gasteiger partial charge >= 0.3 is 0 Å². The van der Waals surface area contributed by atoms with Crippen LogP contribution < -0.4 is 5.32 Å². The van der Waals surface area contributed by atoms with E-state index < -0.39 is 6.10 Å². The standard InChI is InChI=1S/C24H28ClN3O4/c1-13-5-8-16(15(25)11-13)26-20(29)10-9-17-21(14-6-7-14)23(32-27-17)22(30)18-12-19(28-31-18)24(2,3)4/h5,8,11-12,14,22,30H,6-7,9-10H2,1-4H3,(H,26,29). The number of carbonyl (C=O) groups excluding carboxylic acids is 1. The summed E-state index contributed by atoms with van der Waals surface area (Å²) in [5, 5.41) is 22.5. The lowest BCUT2D eigenvalue weighted by Gasteiger charge is -2.12. The van der Waals surface area contributed by atoms with Gasteiger partial charge in [-0.1, -0.05) is 48.8 Å². The Bertz CT molecular complexity index is 1120. The summed E-state index contributed by atoms with van der Waals surface area (Å²) in [4.78, 5) is 12.5. The van der Waals surface area contributed by atoms with Gasteiger partial charge in [-0.15, -0.1) is 0 Å². The number of nitrogens with zero attached hydrogens (tertiary/aromatic N) is 2. The van der Waals surface area contributed by atoms with Crippen LogP contribution in [0.4, 0.5) is 5.69 Å². The molecule has 8 heteroatoms. The van der Waals surface area contributed by atoms with E-state index in [9.17, 15) is 9.90 Å². The van der Waals surface area contributed by atoms with Crippen molar-refractivity contribution in [2.24, 2.45) is 0 Å². The average molecular weight is 458 g/mol. The molecule has 170 valence electrons. The minimum Gasteiger partial charge on any atom is -0.377 e. The van der Waals surface area contributed by atoms with Crippen LogP contribution in [-0.4, -0.2) is 21.3 Å². The van der Waals surface area contributed by atoms with Gasteiger partial charge in [-0.2, -0.15) is 0 Å². The van der Waals surface area contributed by atoms with Gasteiger partial charge in [0.1, 0.15) is 0 Å². The highest BCUT2D eigenvalue weighted by Crippen LogP contribution is 2.46. The molecule has 1 aliphatic rings. The number of hydrogen-bond donors (Lipinski definition) is 2. The fraction of sp³-hybridized carbons (Fsp3) is 0.458. The second-order valence-corrected chi connectivity index (χ2v) is 9.89. The number of benzene rings is 1. The molecule has 1 aliphatic carbocycles. The number of anilines is 1. The highest BCUT2D eigenvalue weighted by atomic mass is 35.5. The molecule has 1 fully saturated rings. The zero-order chi connectivity index (χ0) is 23.0. The number of halogens is 1. The van der Waals surface area contributed by atoms with Gasteiger partial charge in [0.25, 0.3) is 0 Å².